The summed E-state index contributed by atoms with van der Waals surface area (Å²) in [6, 6.07) is 11.7. The van der Waals surface area contributed by atoms with Gasteiger partial charge in [0.25, 0.3) is 17.4 Å². The fourth-order valence-electron chi connectivity index (χ4n) is 4.83. The van der Waals surface area contributed by atoms with Crippen LogP contribution < -0.4 is 4.74 Å². The average Bonchev–Trinajstić information content (AvgIpc) is 3.19. The van der Waals surface area contributed by atoms with Crippen molar-refractivity contribution in [3.8, 4) is 5.75 Å². The van der Waals surface area contributed by atoms with Crippen LogP contribution in [0.5, 0.6) is 5.75 Å². The molecule has 0 saturated carbocycles. The van der Waals surface area contributed by atoms with E-state index >= 15 is 0 Å². The molecule has 1 fully saturated rings. The van der Waals surface area contributed by atoms with Crippen LogP contribution in [0.1, 0.15) is 70.0 Å². The van der Waals surface area contributed by atoms with E-state index in [2.05, 4.69) is 18.7 Å². The third-order valence-electron chi connectivity index (χ3n) is 6.93. The number of unbranched alkanes of at least 4 members (excludes halogenated alkanes) is 2. The molecule has 1 unspecified atom stereocenters. The number of Topliss-reactive ketones (excluding diaryl/α,β-unsaturated/α-hetero) is 1. The number of rotatable bonds is 15. The zero-order valence-electron chi connectivity index (χ0n) is 23.1. The lowest BCUT2D eigenvalue weighted by Gasteiger charge is -2.27. The molecule has 39 heavy (non-hydrogen) atoms. The Morgan fingerprint density at radius 1 is 0.949 bits per heavy atom. The molecule has 9 heteroatoms. The number of ether oxygens (including phenoxy) is 1. The number of nitrogens with zero attached hydrogens (tertiary/aromatic N) is 3. The van der Waals surface area contributed by atoms with Crippen LogP contribution in [0.15, 0.2) is 54.1 Å². The number of ketones is 1. The number of carbonyl (C=O) groups is 2. The number of likely N-dealkylation sites (tertiary alicyclic amines) is 1. The normalized spacial score (nSPS) is 16.7. The number of non-ortho nitro benzene ring substituents is 1. The second-order valence-corrected chi connectivity index (χ2v) is 9.70. The van der Waals surface area contributed by atoms with Crippen LogP contribution in [0, 0.1) is 10.1 Å². The topological polar surface area (TPSA) is 113 Å². The highest BCUT2D eigenvalue weighted by Crippen LogP contribution is 2.40. The molecule has 210 valence electrons. The van der Waals surface area contributed by atoms with Crippen LogP contribution >= 0.6 is 0 Å². The molecule has 0 radical (unpaired) electrons. The number of benzene rings is 2. The fourth-order valence-corrected chi connectivity index (χ4v) is 4.83. The van der Waals surface area contributed by atoms with Gasteiger partial charge in [-0.15, -0.1) is 0 Å². The van der Waals surface area contributed by atoms with E-state index in [4.69, 9.17) is 4.74 Å². The first-order valence-electron chi connectivity index (χ1n) is 13.8. The Kier molecular flexibility index (Phi) is 11.0. The summed E-state index contributed by atoms with van der Waals surface area (Å²) in [5, 5.41) is 22.3. The van der Waals surface area contributed by atoms with E-state index in [1.54, 1.807) is 24.3 Å². The number of aliphatic hydroxyl groups is 1. The Balaban J connectivity index is 1.94. The molecule has 1 amide bonds. The first-order chi connectivity index (χ1) is 18.8. The SMILES string of the molecule is CCCCN(CCCC)CCCN1C(=O)C(=O)/C(=C(\O)c2ccc([N+](=O)[O-])cc2)C1c1ccc(OCC)cc1. The number of carbonyl (C=O) groups excluding carboxylic acids is 2. The summed E-state index contributed by atoms with van der Waals surface area (Å²) in [5.41, 5.74) is 0.757. The average molecular weight is 538 g/mol. The van der Waals surface area contributed by atoms with Gasteiger partial charge in [0.15, 0.2) is 0 Å². The molecule has 0 spiro atoms. The van der Waals surface area contributed by atoms with E-state index in [-0.39, 0.29) is 22.6 Å². The van der Waals surface area contributed by atoms with Crippen molar-refractivity contribution >= 4 is 23.1 Å². The number of hydrogen-bond acceptors (Lipinski definition) is 7. The molecule has 2 aromatic carbocycles. The Bertz CT molecular complexity index is 1150. The van der Waals surface area contributed by atoms with Gasteiger partial charge in [-0.25, -0.2) is 0 Å². The molecule has 1 aliphatic rings. The first kappa shape index (κ1) is 29.8. The maximum atomic E-state index is 13.3. The van der Waals surface area contributed by atoms with Gasteiger partial charge in [-0.3, -0.25) is 19.7 Å². The lowest BCUT2D eigenvalue weighted by Crippen LogP contribution is -2.34. The molecule has 1 atom stereocenters. The monoisotopic (exact) mass is 537 g/mol. The summed E-state index contributed by atoms with van der Waals surface area (Å²) in [6.07, 6.45) is 5.12. The summed E-state index contributed by atoms with van der Waals surface area (Å²) in [7, 11) is 0. The standard InChI is InChI=1S/C30H39N3O6/c1-4-7-18-31(19-8-5-2)20-9-21-32-27(22-12-16-25(17-13-22)39-6-3)26(29(35)30(32)36)28(34)23-10-14-24(15-11-23)33(37)38/h10-17,27,34H,4-9,18-21H2,1-3H3/b28-26-. The van der Waals surface area contributed by atoms with Crippen molar-refractivity contribution in [3.63, 3.8) is 0 Å². The summed E-state index contributed by atoms with van der Waals surface area (Å²) < 4.78 is 5.55. The number of aliphatic hydroxyl groups excluding tert-OH is 1. The highest BCUT2D eigenvalue weighted by atomic mass is 16.6. The zero-order chi connectivity index (χ0) is 28.4. The van der Waals surface area contributed by atoms with Gasteiger partial charge < -0.3 is 19.6 Å². The molecule has 0 aromatic heterocycles. The summed E-state index contributed by atoms with van der Waals surface area (Å²) in [6.45, 7) is 9.88. The van der Waals surface area contributed by atoms with Crippen molar-refractivity contribution in [2.75, 3.05) is 32.8 Å². The van der Waals surface area contributed by atoms with E-state index in [1.807, 2.05) is 6.92 Å². The Hall–Kier alpha value is -3.72. The van der Waals surface area contributed by atoms with Crippen molar-refractivity contribution in [3.05, 3.63) is 75.3 Å². The van der Waals surface area contributed by atoms with Crippen molar-refractivity contribution in [2.24, 2.45) is 0 Å². The third kappa shape index (κ3) is 7.44. The molecule has 0 aliphatic carbocycles. The van der Waals surface area contributed by atoms with Crippen LogP contribution in [0.3, 0.4) is 0 Å². The molecule has 0 bridgehead atoms. The molecule has 1 saturated heterocycles. The van der Waals surface area contributed by atoms with E-state index in [0.717, 1.165) is 45.3 Å². The molecule has 3 rings (SSSR count). The van der Waals surface area contributed by atoms with Crippen LogP contribution in [-0.2, 0) is 9.59 Å². The van der Waals surface area contributed by atoms with E-state index in [1.165, 1.54) is 29.2 Å². The number of amides is 1. The molecular formula is C30H39N3O6. The van der Waals surface area contributed by atoms with Crippen molar-refractivity contribution < 1.29 is 24.4 Å². The predicted octanol–water partition coefficient (Wildman–Crippen LogP) is 5.71. The van der Waals surface area contributed by atoms with Gasteiger partial charge in [0.05, 0.1) is 23.1 Å². The first-order valence-corrected chi connectivity index (χ1v) is 13.8. The van der Waals surface area contributed by atoms with Gasteiger partial charge in [0.1, 0.15) is 11.5 Å². The van der Waals surface area contributed by atoms with Crippen LogP contribution in [0.25, 0.3) is 5.76 Å². The minimum absolute atomic E-state index is 0.0214. The molecule has 1 aliphatic heterocycles. The highest BCUT2D eigenvalue weighted by Gasteiger charge is 2.45. The maximum absolute atomic E-state index is 13.3. The molecule has 9 nitrogen and oxygen atoms in total. The second kappa shape index (κ2) is 14.4. The number of nitro groups is 1. The van der Waals surface area contributed by atoms with Gasteiger partial charge in [-0.1, -0.05) is 38.8 Å². The molecule has 2 aromatic rings. The van der Waals surface area contributed by atoms with Gasteiger partial charge in [0, 0.05) is 24.2 Å². The lowest BCUT2D eigenvalue weighted by molar-refractivity contribution is -0.384. The van der Waals surface area contributed by atoms with Gasteiger partial charge >= 0.3 is 0 Å². The van der Waals surface area contributed by atoms with E-state index in [0.29, 0.717) is 30.9 Å². The third-order valence-corrected chi connectivity index (χ3v) is 6.93. The van der Waals surface area contributed by atoms with Gasteiger partial charge in [0.2, 0.25) is 0 Å². The second-order valence-electron chi connectivity index (χ2n) is 9.70. The van der Waals surface area contributed by atoms with Crippen LogP contribution in [-0.4, -0.2) is 64.3 Å². The quantitative estimate of drug-likeness (QED) is 0.102. The number of nitro benzene ring substituents is 1. The smallest absolute Gasteiger partial charge is 0.295 e. The lowest BCUT2D eigenvalue weighted by atomic mass is 9.95. The minimum Gasteiger partial charge on any atom is -0.507 e. The minimum atomic E-state index is -0.782. The van der Waals surface area contributed by atoms with Gasteiger partial charge in [-0.05, 0) is 75.6 Å². The molecule has 1 N–H and O–H groups in total. The highest BCUT2D eigenvalue weighted by molar-refractivity contribution is 6.46. The predicted molar refractivity (Wildman–Crippen MR) is 151 cm³/mol. The van der Waals surface area contributed by atoms with Crippen molar-refractivity contribution in [1.29, 1.82) is 0 Å². The zero-order valence-corrected chi connectivity index (χ0v) is 23.1. The maximum Gasteiger partial charge on any atom is 0.295 e. The Morgan fingerprint density at radius 3 is 2.08 bits per heavy atom. The summed E-state index contributed by atoms with van der Waals surface area (Å²) >= 11 is 0. The molecule has 1 heterocycles. The van der Waals surface area contributed by atoms with Crippen LogP contribution in [0.2, 0.25) is 0 Å². The summed E-state index contributed by atoms with van der Waals surface area (Å²) in [5.74, 6) is -1.11. The fraction of sp³-hybridized carbons (Fsp3) is 0.467. The van der Waals surface area contributed by atoms with Crippen molar-refractivity contribution in [1.82, 2.24) is 9.80 Å². The Morgan fingerprint density at radius 2 is 1.54 bits per heavy atom. The van der Waals surface area contributed by atoms with E-state index < -0.39 is 22.7 Å². The van der Waals surface area contributed by atoms with Crippen LogP contribution in [0.4, 0.5) is 5.69 Å². The Labute approximate surface area is 230 Å². The number of hydrogen-bond donors (Lipinski definition) is 1. The van der Waals surface area contributed by atoms with Crippen molar-refractivity contribution in [2.45, 2.75) is 58.9 Å². The van der Waals surface area contributed by atoms with E-state index in [9.17, 15) is 24.8 Å². The largest absolute Gasteiger partial charge is 0.507 e. The van der Waals surface area contributed by atoms with Gasteiger partial charge in [-0.2, -0.15) is 0 Å². The summed E-state index contributed by atoms with van der Waals surface area (Å²) in [4.78, 5) is 41.0. The molecular weight excluding hydrogens is 498 g/mol.